The highest BCUT2D eigenvalue weighted by Gasteiger charge is 2.22. The first-order chi connectivity index (χ1) is 9.66. The van der Waals surface area contributed by atoms with E-state index >= 15 is 0 Å². The van der Waals surface area contributed by atoms with Crippen LogP contribution in [0, 0.1) is 5.92 Å². The van der Waals surface area contributed by atoms with Gasteiger partial charge < -0.3 is 20.3 Å². The standard InChI is InChI=1S/C14H25N3O3/c1-11-4-2-3-5-12(11)20-9-7-16-14(19)17-8-6-15-13(18)10-17/h11-12H,2-10H2,1H3,(H,15,18)(H,16,19). The number of nitrogens with one attached hydrogen (secondary N) is 2. The molecule has 0 aromatic carbocycles. The molecule has 114 valence electrons. The fourth-order valence-electron chi connectivity index (χ4n) is 2.82. The van der Waals surface area contributed by atoms with Crippen molar-refractivity contribution in [3.8, 4) is 0 Å². The zero-order chi connectivity index (χ0) is 14.4. The van der Waals surface area contributed by atoms with Gasteiger partial charge in [-0.2, -0.15) is 0 Å². The summed E-state index contributed by atoms with van der Waals surface area (Å²) in [6, 6.07) is -0.180. The summed E-state index contributed by atoms with van der Waals surface area (Å²) in [5, 5.41) is 5.51. The lowest BCUT2D eigenvalue weighted by atomic mass is 9.88. The quantitative estimate of drug-likeness (QED) is 0.747. The zero-order valence-electron chi connectivity index (χ0n) is 12.2. The fraction of sp³-hybridized carbons (Fsp3) is 0.857. The van der Waals surface area contributed by atoms with Gasteiger partial charge in [-0.3, -0.25) is 4.79 Å². The number of rotatable bonds is 4. The molecule has 0 aromatic rings. The molecule has 2 aliphatic rings. The molecule has 1 saturated heterocycles. The molecule has 20 heavy (non-hydrogen) atoms. The van der Waals surface area contributed by atoms with Crippen LogP contribution in [0.1, 0.15) is 32.6 Å². The average molecular weight is 283 g/mol. The number of urea groups is 1. The van der Waals surface area contributed by atoms with E-state index in [0.29, 0.717) is 38.3 Å². The Morgan fingerprint density at radius 3 is 3.00 bits per heavy atom. The van der Waals surface area contributed by atoms with Gasteiger partial charge in [0.1, 0.15) is 6.54 Å². The van der Waals surface area contributed by atoms with Crippen LogP contribution in [0.5, 0.6) is 0 Å². The molecule has 0 spiro atoms. The Bertz CT molecular complexity index is 349. The minimum Gasteiger partial charge on any atom is -0.376 e. The molecule has 6 heteroatoms. The highest BCUT2D eigenvalue weighted by Crippen LogP contribution is 2.25. The molecule has 1 saturated carbocycles. The van der Waals surface area contributed by atoms with Gasteiger partial charge in [-0.05, 0) is 18.8 Å². The summed E-state index contributed by atoms with van der Waals surface area (Å²) < 4.78 is 5.84. The second-order valence-electron chi connectivity index (χ2n) is 5.67. The van der Waals surface area contributed by atoms with E-state index in [-0.39, 0.29) is 18.5 Å². The number of carbonyl (C=O) groups is 2. The Labute approximate surface area is 120 Å². The van der Waals surface area contributed by atoms with Crippen LogP contribution in [0.15, 0.2) is 0 Å². The smallest absolute Gasteiger partial charge is 0.318 e. The van der Waals surface area contributed by atoms with Gasteiger partial charge in [-0.25, -0.2) is 4.79 Å². The molecule has 0 bridgehead atoms. The maximum Gasteiger partial charge on any atom is 0.318 e. The van der Waals surface area contributed by atoms with Gasteiger partial charge in [0, 0.05) is 19.6 Å². The first-order valence-corrected chi connectivity index (χ1v) is 7.58. The van der Waals surface area contributed by atoms with Crippen molar-refractivity contribution in [3.63, 3.8) is 0 Å². The first-order valence-electron chi connectivity index (χ1n) is 7.58. The van der Waals surface area contributed by atoms with Gasteiger partial charge in [-0.15, -0.1) is 0 Å². The molecular formula is C14H25N3O3. The summed E-state index contributed by atoms with van der Waals surface area (Å²) in [6.07, 6.45) is 5.24. The summed E-state index contributed by atoms with van der Waals surface area (Å²) in [5.74, 6) is 0.518. The van der Waals surface area contributed by atoms with Crippen molar-refractivity contribution in [2.45, 2.75) is 38.7 Å². The van der Waals surface area contributed by atoms with Gasteiger partial charge in [0.2, 0.25) is 5.91 Å². The molecular weight excluding hydrogens is 258 g/mol. The fourth-order valence-corrected chi connectivity index (χ4v) is 2.82. The Hall–Kier alpha value is -1.30. The summed E-state index contributed by atoms with van der Waals surface area (Å²) in [5.41, 5.74) is 0. The van der Waals surface area contributed by atoms with Crippen LogP contribution in [0.3, 0.4) is 0 Å². The Balaban J connectivity index is 1.60. The lowest BCUT2D eigenvalue weighted by Crippen LogP contribution is -2.53. The normalized spacial score (nSPS) is 27.1. The summed E-state index contributed by atoms with van der Waals surface area (Å²) in [6.45, 7) is 4.52. The van der Waals surface area contributed by atoms with E-state index in [1.54, 1.807) is 0 Å². The Morgan fingerprint density at radius 2 is 2.25 bits per heavy atom. The van der Waals surface area contributed by atoms with E-state index in [0.717, 1.165) is 6.42 Å². The van der Waals surface area contributed by atoms with E-state index in [1.165, 1.54) is 24.2 Å². The number of carbonyl (C=O) groups excluding carboxylic acids is 2. The molecule has 2 atom stereocenters. The topological polar surface area (TPSA) is 70.7 Å². The maximum atomic E-state index is 11.8. The Morgan fingerprint density at radius 1 is 1.45 bits per heavy atom. The third-order valence-electron chi connectivity index (χ3n) is 4.07. The number of piperazine rings is 1. The molecule has 2 rings (SSSR count). The number of ether oxygens (including phenoxy) is 1. The predicted octanol–water partition coefficient (Wildman–Crippen LogP) is 0.723. The predicted molar refractivity (Wildman–Crippen MR) is 75.4 cm³/mol. The molecule has 0 radical (unpaired) electrons. The average Bonchev–Trinajstić information content (AvgIpc) is 2.45. The van der Waals surface area contributed by atoms with Gasteiger partial charge in [0.05, 0.1) is 12.7 Å². The van der Waals surface area contributed by atoms with Gasteiger partial charge >= 0.3 is 6.03 Å². The molecule has 2 unspecified atom stereocenters. The van der Waals surface area contributed by atoms with Gasteiger partial charge in [-0.1, -0.05) is 19.8 Å². The SMILES string of the molecule is CC1CCCCC1OCCNC(=O)N1CCNC(=O)C1. The molecule has 2 N–H and O–H groups in total. The minimum absolute atomic E-state index is 0.0984. The third-order valence-corrected chi connectivity index (χ3v) is 4.07. The van der Waals surface area contributed by atoms with Crippen molar-refractivity contribution < 1.29 is 14.3 Å². The van der Waals surface area contributed by atoms with E-state index < -0.39 is 0 Å². The zero-order valence-corrected chi connectivity index (χ0v) is 12.2. The van der Waals surface area contributed by atoms with Crippen molar-refractivity contribution in [1.29, 1.82) is 0 Å². The summed E-state index contributed by atoms with van der Waals surface area (Å²) in [4.78, 5) is 24.6. The van der Waals surface area contributed by atoms with E-state index in [2.05, 4.69) is 17.6 Å². The van der Waals surface area contributed by atoms with Crippen LogP contribution in [-0.2, 0) is 9.53 Å². The van der Waals surface area contributed by atoms with Crippen LogP contribution in [-0.4, -0.2) is 55.7 Å². The number of hydrogen-bond acceptors (Lipinski definition) is 3. The Kier molecular flexibility index (Phi) is 5.64. The molecule has 3 amide bonds. The van der Waals surface area contributed by atoms with Crippen molar-refractivity contribution in [1.82, 2.24) is 15.5 Å². The van der Waals surface area contributed by atoms with Crippen LogP contribution in [0.4, 0.5) is 4.79 Å². The maximum absolute atomic E-state index is 11.8. The highest BCUT2D eigenvalue weighted by molar-refractivity contribution is 5.85. The van der Waals surface area contributed by atoms with Gasteiger partial charge in [0.25, 0.3) is 0 Å². The largest absolute Gasteiger partial charge is 0.376 e. The number of hydrogen-bond donors (Lipinski definition) is 2. The van der Waals surface area contributed by atoms with Gasteiger partial charge in [0.15, 0.2) is 0 Å². The second kappa shape index (κ2) is 7.47. The molecule has 1 aliphatic carbocycles. The number of amides is 3. The highest BCUT2D eigenvalue weighted by atomic mass is 16.5. The van der Waals surface area contributed by atoms with E-state index in [1.807, 2.05) is 0 Å². The third kappa shape index (κ3) is 4.37. The molecule has 6 nitrogen and oxygen atoms in total. The number of nitrogens with zero attached hydrogens (tertiary/aromatic N) is 1. The van der Waals surface area contributed by atoms with Crippen molar-refractivity contribution in [2.24, 2.45) is 5.92 Å². The van der Waals surface area contributed by atoms with Crippen LogP contribution in [0.2, 0.25) is 0 Å². The van der Waals surface area contributed by atoms with Crippen LogP contribution >= 0.6 is 0 Å². The van der Waals surface area contributed by atoms with Crippen LogP contribution in [0.25, 0.3) is 0 Å². The summed E-state index contributed by atoms with van der Waals surface area (Å²) >= 11 is 0. The van der Waals surface area contributed by atoms with Crippen molar-refractivity contribution in [2.75, 3.05) is 32.8 Å². The molecule has 0 aromatic heterocycles. The second-order valence-corrected chi connectivity index (χ2v) is 5.67. The van der Waals surface area contributed by atoms with Crippen LogP contribution < -0.4 is 10.6 Å². The van der Waals surface area contributed by atoms with Crippen molar-refractivity contribution in [3.05, 3.63) is 0 Å². The molecule has 2 fully saturated rings. The van der Waals surface area contributed by atoms with E-state index in [9.17, 15) is 9.59 Å². The van der Waals surface area contributed by atoms with E-state index in [4.69, 9.17) is 4.74 Å². The molecule has 1 heterocycles. The summed E-state index contributed by atoms with van der Waals surface area (Å²) in [7, 11) is 0. The minimum atomic E-state index is -0.180. The lowest BCUT2D eigenvalue weighted by Gasteiger charge is -2.29. The first kappa shape index (κ1) is 15.1. The van der Waals surface area contributed by atoms with Crippen molar-refractivity contribution >= 4 is 11.9 Å². The lowest BCUT2D eigenvalue weighted by molar-refractivity contribution is -0.123. The molecule has 1 aliphatic heterocycles. The monoisotopic (exact) mass is 283 g/mol.